The minimum atomic E-state index is -0.443. The van der Waals surface area contributed by atoms with Crippen LogP contribution in [0.15, 0.2) is 30.3 Å². The first-order valence-corrected chi connectivity index (χ1v) is 9.86. The Hall–Kier alpha value is -2.65. The number of carbonyl (C=O) groups is 2. The summed E-state index contributed by atoms with van der Waals surface area (Å²) < 4.78 is 0. The van der Waals surface area contributed by atoms with Gasteiger partial charge >= 0.3 is 0 Å². The maximum atomic E-state index is 12.7. The Morgan fingerprint density at radius 1 is 1.21 bits per heavy atom. The van der Waals surface area contributed by atoms with E-state index in [1.54, 1.807) is 23.1 Å². The highest BCUT2D eigenvalue weighted by molar-refractivity contribution is 7.14. The van der Waals surface area contributed by atoms with Gasteiger partial charge in [0.05, 0.1) is 16.3 Å². The van der Waals surface area contributed by atoms with Gasteiger partial charge in [-0.2, -0.15) is 0 Å². The summed E-state index contributed by atoms with van der Waals surface area (Å²) >= 11 is 7.23. The van der Waals surface area contributed by atoms with E-state index in [9.17, 15) is 19.7 Å². The molecule has 3 rings (SSSR count). The molecule has 2 aromatic rings. The Morgan fingerprint density at radius 3 is 2.57 bits per heavy atom. The lowest BCUT2D eigenvalue weighted by molar-refractivity contribution is -0.384. The maximum absolute atomic E-state index is 12.7. The number of piperazine rings is 1. The molecule has 1 aromatic carbocycles. The zero-order chi connectivity index (χ0) is 20.3. The lowest BCUT2D eigenvalue weighted by Crippen LogP contribution is -2.48. The molecule has 1 saturated heterocycles. The summed E-state index contributed by atoms with van der Waals surface area (Å²) in [5.41, 5.74) is 0.475. The number of hydrogen-bond donors (Lipinski definition) is 1. The Balaban J connectivity index is 1.63. The minimum Gasteiger partial charge on any atom is -0.362 e. The molecule has 0 spiro atoms. The van der Waals surface area contributed by atoms with Crippen molar-refractivity contribution in [1.82, 2.24) is 10.2 Å². The van der Waals surface area contributed by atoms with Crippen molar-refractivity contribution in [2.75, 3.05) is 31.1 Å². The van der Waals surface area contributed by atoms with Gasteiger partial charge in [-0.15, -0.1) is 11.3 Å². The number of nitrogens with one attached hydrogen (secondary N) is 1. The molecule has 1 aliphatic heterocycles. The van der Waals surface area contributed by atoms with Crippen LogP contribution in [-0.4, -0.2) is 47.8 Å². The van der Waals surface area contributed by atoms with Gasteiger partial charge < -0.3 is 15.1 Å². The molecule has 10 heteroatoms. The molecule has 2 amide bonds. The molecule has 0 atom stereocenters. The molecule has 0 radical (unpaired) electrons. The molecule has 0 bridgehead atoms. The summed E-state index contributed by atoms with van der Waals surface area (Å²) in [7, 11) is 0. The van der Waals surface area contributed by atoms with Gasteiger partial charge in [0.15, 0.2) is 0 Å². The zero-order valence-electron chi connectivity index (χ0n) is 15.2. The fraction of sp³-hybridized carbons (Fsp3) is 0.333. The summed E-state index contributed by atoms with van der Waals surface area (Å²) in [5, 5.41) is 14.3. The SMILES string of the molecule is CC(=O)NCc1ccc(C(=O)N2CCN(c3ccc(Cl)cc3[N+](=O)[O-])CC2)s1. The van der Waals surface area contributed by atoms with Crippen LogP contribution in [0.3, 0.4) is 0 Å². The first-order valence-electron chi connectivity index (χ1n) is 8.66. The first kappa shape index (κ1) is 20.1. The van der Waals surface area contributed by atoms with Crippen LogP contribution in [0.2, 0.25) is 5.02 Å². The number of amides is 2. The number of halogens is 1. The summed E-state index contributed by atoms with van der Waals surface area (Å²) in [6.45, 7) is 3.79. The first-order chi connectivity index (χ1) is 13.3. The molecule has 0 aliphatic carbocycles. The molecule has 28 heavy (non-hydrogen) atoms. The zero-order valence-corrected chi connectivity index (χ0v) is 16.8. The van der Waals surface area contributed by atoms with E-state index >= 15 is 0 Å². The summed E-state index contributed by atoms with van der Waals surface area (Å²) in [6, 6.07) is 8.22. The lowest BCUT2D eigenvalue weighted by atomic mass is 10.2. The van der Waals surface area contributed by atoms with Crippen LogP contribution in [0, 0.1) is 10.1 Å². The number of hydrogen-bond acceptors (Lipinski definition) is 6. The van der Waals surface area contributed by atoms with Gasteiger partial charge in [0.2, 0.25) is 5.91 Å². The number of nitrogens with zero attached hydrogens (tertiary/aromatic N) is 3. The van der Waals surface area contributed by atoms with Crippen LogP contribution in [0.5, 0.6) is 0 Å². The van der Waals surface area contributed by atoms with Gasteiger partial charge in [0.1, 0.15) is 5.69 Å². The van der Waals surface area contributed by atoms with Gasteiger partial charge in [0, 0.05) is 49.1 Å². The molecule has 0 saturated carbocycles. The Morgan fingerprint density at radius 2 is 1.93 bits per heavy atom. The standard InChI is InChI=1S/C18H19ClN4O4S/c1-12(24)20-11-14-3-5-17(28-14)18(25)22-8-6-21(7-9-22)15-4-2-13(19)10-16(15)23(26)27/h2-5,10H,6-9,11H2,1H3,(H,20,24). The fourth-order valence-corrected chi connectivity index (χ4v) is 4.10. The highest BCUT2D eigenvalue weighted by Crippen LogP contribution is 2.32. The summed E-state index contributed by atoms with van der Waals surface area (Å²) in [6.07, 6.45) is 0. The third kappa shape index (κ3) is 4.60. The van der Waals surface area contributed by atoms with E-state index in [4.69, 9.17) is 11.6 Å². The maximum Gasteiger partial charge on any atom is 0.294 e. The van der Waals surface area contributed by atoms with Crippen LogP contribution in [0.1, 0.15) is 21.5 Å². The molecule has 1 fully saturated rings. The Kier molecular flexibility index (Phi) is 6.15. The fourth-order valence-electron chi connectivity index (χ4n) is 3.02. The van der Waals surface area contributed by atoms with E-state index in [2.05, 4.69) is 5.32 Å². The third-order valence-corrected chi connectivity index (χ3v) is 5.73. The molecule has 1 N–H and O–H groups in total. The second-order valence-corrected chi connectivity index (χ2v) is 7.95. The van der Waals surface area contributed by atoms with E-state index in [1.165, 1.54) is 24.3 Å². The van der Waals surface area contributed by atoms with E-state index < -0.39 is 4.92 Å². The number of thiophene rings is 1. The van der Waals surface area contributed by atoms with Crippen molar-refractivity contribution in [3.8, 4) is 0 Å². The monoisotopic (exact) mass is 422 g/mol. The number of nitro groups is 1. The van der Waals surface area contributed by atoms with Gasteiger partial charge in [-0.25, -0.2) is 0 Å². The van der Waals surface area contributed by atoms with Gasteiger partial charge in [-0.3, -0.25) is 19.7 Å². The number of carbonyl (C=O) groups excluding carboxylic acids is 2. The summed E-state index contributed by atoms with van der Waals surface area (Å²) in [5.74, 6) is -0.182. The quantitative estimate of drug-likeness (QED) is 0.590. The number of rotatable bonds is 5. The number of benzene rings is 1. The van der Waals surface area contributed by atoms with Crippen LogP contribution in [0.4, 0.5) is 11.4 Å². The van der Waals surface area contributed by atoms with Crippen molar-refractivity contribution >= 4 is 46.1 Å². The molecular formula is C18H19ClN4O4S. The molecule has 148 valence electrons. The second kappa shape index (κ2) is 8.57. The Bertz CT molecular complexity index is 909. The van der Waals surface area contributed by atoms with Crippen LogP contribution in [0.25, 0.3) is 0 Å². The number of nitro benzene ring substituents is 1. The normalized spacial score (nSPS) is 14.1. The van der Waals surface area contributed by atoms with Crippen molar-refractivity contribution in [3.05, 3.63) is 55.2 Å². The predicted molar refractivity (Wildman–Crippen MR) is 108 cm³/mol. The molecule has 1 aliphatic rings. The van der Waals surface area contributed by atoms with Crippen molar-refractivity contribution in [2.24, 2.45) is 0 Å². The lowest BCUT2D eigenvalue weighted by Gasteiger charge is -2.35. The highest BCUT2D eigenvalue weighted by Gasteiger charge is 2.27. The topological polar surface area (TPSA) is 95.8 Å². The average Bonchev–Trinajstić information content (AvgIpc) is 3.15. The molecular weight excluding hydrogens is 404 g/mol. The van der Waals surface area contributed by atoms with E-state index in [-0.39, 0.29) is 17.5 Å². The Labute approximate surface area is 170 Å². The highest BCUT2D eigenvalue weighted by atomic mass is 35.5. The minimum absolute atomic E-state index is 0.0341. The van der Waals surface area contributed by atoms with Gasteiger partial charge in [-0.1, -0.05) is 11.6 Å². The van der Waals surface area contributed by atoms with Crippen molar-refractivity contribution in [3.63, 3.8) is 0 Å². The van der Waals surface area contributed by atoms with Gasteiger partial charge in [0.25, 0.3) is 11.6 Å². The van der Waals surface area contributed by atoms with Crippen LogP contribution >= 0.6 is 22.9 Å². The average molecular weight is 423 g/mol. The van der Waals surface area contributed by atoms with Crippen LogP contribution < -0.4 is 10.2 Å². The molecule has 2 heterocycles. The summed E-state index contributed by atoms with van der Waals surface area (Å²) in [4.78, 5) is 39.7. The van der Waals surface area contributed by atoms with E-state index in [0.717, 1.165) is 4.88 Å². The van der Waals surface area contributed by atoms with Crippen molar-refractivity contribution in [2.45, 2.75) is 13.5 Å². The second-order valence-electron chi connectivity index (χ2n) is 6.35. The third-order valence-electron chi connectivity index (χ3n) is 4.43. The van der Waals surface area contributed by atoms with Gasteiger partial charge in [-0.05, 0) is 24.3 Å². The number of anilines is 1. The van der Waals surface area contributed by atoms with E-state index in [1.807, 2.05) is 11.0 Å². The largest absolute Gasteiger partial charge is 0.362 e. The van der Waals surface area contributed by atoms with E-state index in [0.29, 0.717) is 48.3 Å². The molecule has 8 nitrogen and oxygen atoms in total. The predicted octanol–water partition coefficient (Wildman–Crippen LogP) is 2.91. The van der Waals surface area contributed by atoms with Crippen molar-refractivity contribution < 1.29 is 14.5 Å². The molecule has 0 unspecified atom stereocenters. The van der Waals surface area contributed by atoms with Crippen molar-refractivity contribution in [1.29, 1.82) is 0 Å². The smallest absolute Gasteiger partial charge is 0.294 e. The van der Waals surface area contributed by atoms with Crippen LogP contribution in [-0.2, 0) is 11.3 Å². The molecule has 1 aromatic heterocycles.